The second kappa shape index (κ2) is 5.96. The second-order valence-corrected chi connectivity index (χ2v) is 6.70. The Balaban J connectivity index is 2.00. The number of hydrogen-bond acceptors (Lipinski definition) is 4. The summed E-state index contributed by atoms with van der Waals surface area (Å²) in [4.78, 5) is 0.239. The van der Waals surface area contributed by atoms with Crippen LogP contribution in [0.1, 0.15) is 5.56 Å². The molecule has 2 rings (SSSR count). The molecule has 0 bridgehead atoms. The van der Waals surface area contributed by atoms with Gasteiger partial charge in [0.25, 0.3) is 0 Å². The van der Waals surface area contributed by atoms with Crippen molar-refractivity contribution in [2.24, 2.45) is 0 Å². The summed E-state index contributed by atoms with van der Waals surface area (Å²) >= 11 is 0. The van der Waals surface area contributed by atoms with Gasteiger partial charge in [-0.15, -0.1) is 0 Å². The molecule has 0 saturated heterocycles. The number of nitrogen functional groups attached to an aromatic ring is 1. The first kappa shape index (κ1) is 14.4. The van der Waals surface area contributed by atoms with E-state index in [1.54, 1.807) is 12.1 Å². The van der Waals surface area contributed by atoms with Crippen molar-refractivity contribution in [3.8, 4) is 0 Å². The van der Waals surface area contributed by atoms with Crippen LogP contribution in [0.25, 0.3) is 0 Å². The van der Waals surface area contributed by atoms with Crippen molar-refractivity contribution < 1.29 is 8.42 Å². The molecule has 0 heterocycles. The van der Waals surface area contributed by atoms with E-state index in [4.69, 9.17) is 5.73 Å². The van der Waals surface area contributed by atoms with E-state index in [2.05, 4.69) is 17.4 Å². The Morgan fingerprint density at radius 3 is 2.40 bits per heavy atom. The van der Waals surface area contributed by atoms with Crippen LogP contribution in [-0.4, -0.2) is 21.2 Å². The fourth-order valence-corrected chi connectivity index (χ4v) is 2.57. The Morgan fingerprint density at radius 2 is 1.80 bits per heavy atom. The summed E-state index contributed by atoms with van der Waals surface area (Å²) < 4.78 is 22.8. The molecule has 0 aliphatic carbocycles. The van der Waals surface area contributed by atoms with Crippen LogP contribution in [0.15, 0.2) is 53.4 Å². The largest absolute Gasteiger partial charge is 0.397 e. The molecule has 0 fully saturated rings. The van der Waals surface area contributed by atoms with Gasteiger partial charge in [0.2, 0.25) is 0 Å². The van der Waals surface area contributed by atoms with Gasteiger partial charge in [0, 0.05) is 12.8 Å². The van der Waals surface area contributed by atoms with Crippen molar-refractivity contribution in [2.75, 3.05) is 23.9 Å². The van der Waals surface area contributed by atoms with Crippen molar-refractivity contribution in [2.45, 2.75) is 11.3 Å². The first-order valence-electron chi connectivity index (χ1n) is 6.34. The number of sulfone groups is 1. The molecule has 20 heavy (non-hydrogen) atoms. The predicted molar refractivity (Wildman–Crippen MR) is 82.6 cm³/mol. The summed E-state index contributed by atoms with van der Waals surface area (Å²) in [6, 6.07) is 14.9. The number of nitrogens with two attached hydrogens (primary N) is 1. The third-order valence-electron chi connectivity index (χ3n) is 3.02. The summed E-state index contributed by atoms with van der Waals surface area (Å²) in [5, 5.41) is 3.22. The Labute approximate surface area is 119 Å². The lowest BCUT2D eigenvalue weighted by Gasteiger charge is -2.10. The molecule has 2 aromatic carbocycles. The molecule has 0 unspecified atom stereocenters. The molecule has 106 valence electrons. The number of nitrogens with one attached hydrogen (secondary N) is 1. The van der Waals surface area contributed by atoms with Crippen molar-refractivity contribution >= 4 is 21.2 Å². The first-order valence-corrected chi connectivity index (χ1v) is 8.23. The molecule has 5 heteroatoms. The average Bonchev–Trinajstić information content (AvgIpc) is 2.40. The van der Waals surface area contributed by atoms with Crippen LogP contribution < -0.4 is 11.1 Å². The van der Waals surface area contributed by atoms with E-state index in [1.807, 2.05) is 18.2 Å². The Bertz CT molecular complexity index is 682. The van der Waals surface area contributed by atoms with E-state index in [0.29, 0.717) is 5.69 Å². The van der Waals surface area contributed by atoms with Gasteiger partial charge in [0.05, 0.1) is 16.3 Å². The highest BCUT2D eigenvalue weighted by Crippen LogP contribution is 2.22. The molecule has 3 N–H and O–H groups in total. The zero-order valence-corrected chi connectivity index (χ0v) is 12.2. The second-order valence-electron chi connectivity index (χ2n) is 4.68. The molecule has 4 nitrogen and oxygen atoms in total. The van der Waals surface area contributed by atoms with Gasteiger partial charge in [-0.2, -0.15) is 0 Å². The average molecular weight is 290 g/mol. The molecular weight excluding hydrogens is 272 g/mol. The van der Waals surface area contributed by atoms with Crippen molar-refractivity contribution in [3.63, 3.8) is 0 Å². The van der Waals surface area contributed by atoms with Crippen LogP contribution >= 0.6 is 0 Å². The van der Waals surface area contributed by atoms with E-state index in [9.17, 15) is 8.42 Å². The van der Waals surface area contributed by atoms with E-state index < -0.39 is 9.84 Å². The molecule has 0 aliphatic heterocycles. The summed E-state index contributed by atoms with van der Waals surface area (Å²) in [5.41, 5.74) is 8.32. The third-order valence-corrected chi connectivity index (χ3v) is 4.13. The van der Waals surface area contributed by atoms with E-state index in [0.717, 1.165) is 18.7 Å². The van der Waals surface area contributed by atoms with Crippen LogP contribution in [0.4, 0.5) is 11.4 Å². The Morgan fingerprint density at radius 1 is 1.10 bits per heavy atom. The molecule has 0 atom stereocenters. The summed E-state index contributed by atoms with van der Waals surface area (Å²) in [6.07, 6.45) is 2.05. The van der Waals surface area contributed by atoms with Crippen LogP contribution in [0, 0.1) is 0 Å². The number of anilines is 2. The van der Waals surface area contributed by atoms with Crippen molar-refractivity contribution in [1.82, 2.24) is 0 Å². The van der Waals surface area contributed by atoms with E-state index >= 15 is 0 Å². The van der Waals surface area contributed by atoms with Crippen LogP contribution in [0.3, 0.4) is 0 Å². The highest BCUT2D eigenvalue weighted by atomic mass is 32.2. The summed E-state index contributed by atoms with van der Waals surface area (Å²) in [5.74, 6) is 0. The lowest BCUT2D eigenvalue weighted by Crippen LogP contribution is -2.08. The molecule has 0 radical (unpaired) electrons. The first-order chi connectivity index (χ1) is 9.47. The quantitative estimate of drug-likeness (QED) is 0.829. The van der Waals surface area contributed by atoms with Crippen LogP contribution in [0.2, 0.25) is 0 Å². The van der Waals surface area contributed by atoms with Gasteiger partial charge in [0.15, 0.2) is 9.84 Å². The maximum absolute atomic E-state index is 11.4. The summed E-state index contributed by atoms with van der Waals surface area (Å²) in [6.45, 7) is 0.742. The van der Waals surface area contributed by atoms with E-state index in [1.165, 1.54) is 17.9 Å². The molecule has 0 saturated carbocycles. The molecule has 0 aliphatic rings. The minimum Gasteiger partial charge on any atom is -0.397 e. The molecule has 2 aromatic rings. The van der Waals surface area contributed by atoms with Crippen molar-refractivity contribution in [1.29, 1.82) is 0 Å². The smallest absolute Gasteiger partial charge is 0.175 e. The molecular formula is C15H18N2O2S. The molecule has 0 aromatic heterocycles. The van der Waals surface area contributed by atoms with Gasteiger partial charge in [0.1, 0.15) is 0 Å². The van der Waals surface area contributed by atoms with E-state index in [-0.39, 0.29) is 4.90 Å². The van der Waals surface area contributed by atoms with Gasteiger partial charge in [-0.05, 0) is 30.2 Å². The monoisotopic (exact) mass is 290 g/mol. The standard InChI is InChI=1S/C15H18N2O2S/c1-20(18,19)13-7-8-15(14(16)11-13)17-10-9-12-5-3-2-4-6-12/h2-8,11,17H,9-10,16H2,1H3. The third kappa shape index (κ3) is 3.74. The molecule has 0 amide bonds. The maximum Gasteiger partial charge on any atom is 0.175 e. The van der Waals surface area contributed by atoms with Gasteiger partial charge >= 0.3 is 0 Å². The minimum atomic E-state index is -3.21. The van der Waals surface area contributed by atoms with Gasteiger partial charge in [-0.25, -0.2) is 8.42 Å². The van der Waals surface area contributed by atoms with Crippen LogP contribution in [-0.2, 0) is 16.3 Å². The Kier molecular flexibility index (Phi) is 4.29. The van der Waals surface area contributed by atoms with Gasteiger partial charge in [-0.3, -0.25) is 0 Å². The molecule has 0 spiro atoms. The maximum atomic E-state index is 11.4. The topological polar surface area (TPSA) is 72.2 Å². The van der Waals surface area contributed by atoms with Gasteiger partial charge < -0.3 is 11.1 Å². The lowest BCUT2D eigenvalue weighted by molar-refractivity contribution is 0.602. The van der Waals surface area contributed by atoms with Crippen molar-refractivity contribution in [3.05, 3.63) is 54.1 Å². The normalized spacial score (nSPS) is 11.2. The summed E-state index contributed by atoms with van der Waals surface area (Å²) in [7, 11) is -3.21. The minimum absolute atomic E-state index is 0.239. The fourth-order valence-electron chi connectivity index (χ4n) is 1.92. The fraction of sp³-hybridized carbons (Fsp3) is 0.200. The highest BCUT2D eigenvalue weighted by Gasteiger charge is 2.09. The number of hydrogen-bond donors (Lipinski definition) is 2. The zero-order valence-electron chi connectivity index (χ0n) is 11.3. The Hall–Kier alpha value is -2.01. The van der Waals surface area contributed by atoms with Crippen LogP contribution in [0.5, 0.6) is 0 Å². The lowest BCUT2D eigenvalue weighted by atomic mass is 10.1. The number of benzene rings is 2. The number of rotatable bonds is 5. The predicted octanol–water partition coefficient (Wildman–Crippen LogP) is 2.33. The SMILES string of the molecule is CS(=O)(=O)c1ccc(NCCc2ccccc2)c(N)c1. The zero-order chi connectivity index (χ0) is 14.6. The van der Waals surface area contributed by atoms with Gasteiger partial charge in [-0.1, -0.05) is 30.3 Å². The highest BCUT2D eigenvalue weighted by molar-refractivity contribution is 7.90.